The monoisotopic (exact) mass is 299 g/mol. The van der Waals surface area contributed by atoms with Crippen molar-refractivity contribution in [1.29, 1.82) is 0 Å². The van der Waals surface area contributed by atoms with E-state index in [0.29, 0.717) is 0 Å². The highest BCUT2D eigenvalue weighted by molar-refractivity contribution is 5.85. The second-order valence-electron chi connectivity index (χ2n) is 5.46. The second-order valence-corrected chi connectivity index (χ2v) is 5.46. The van der Waals surface area contributed by atoms with Gasteiger partial charge < -0.3 is 16.0 Å². The average molecular weight is 299 g/mol. The van der Waals surface area contributed by atoms with Crippen LogP contribution >= 0.6 is 0 Å². The molecule has 0 aliphatic rings. The van der Waals surface area contributed by atoms with Gasteiger partial charge in [0.2, 0.25) is 5.91 Å². The minimum atomic E-state index is -0.402. The van der Waals surface area contributed by atoms with Gasteiger partial charge in [-0.05, 0) is 47.3 Å². The van der Waals surface area contributed by atoms with Crippen LogP contribution in [0.2, 0.25) is 0 Å². The van der Waals surface area contributed by atoms with E-state index in [9.17, 15) is 14.4 Å². The van der Waals surface area contributed by atoms with E-state index in [4.69, 9.17) is 0 Å². The molecule has 0 saturated carbocycles. The standard InChI is InChI=1S/C15H29N3O3/c1-11(19)9-13(10-12(2)20)18-15(21)14(17-4)7-5-6-8-16-3/h13-14,16-17H,5-10H2,1-4H3,(H,18,21). The lowest BCUT2D eigenvalue weighted by atomic mass is 10.0. The third kappa shape index (κ3) is 10.1. The van der Waals surface area contributed by atoms with E-state index in [1.807, 2.05) is 7.05 Å². The number of Topliss-reactive ketones (excluding diaryl/α,β-unsaturated/α-hetero) is 2. The van der Waals surface area contributed by atoms with Gasteiger partial charge in [-0.1, -0.05) is 6.42 Å². The Bertz CT molecular complexity index is 329. The quantitative estimate of drug-likeness (QED) is 0.454. The Kier molecular flexibility index (Phi) is 10.7. The summed E-state index contributed by atoms with van der Waals surface area (Å²) in [5.41, 5.74) is 0. The number of hydrogen-bond donors (Lipinski definition) is 3. The fraction of sp³-hybridized carbons (Fsp3) is 0.800. The Labute approximate surface area is 127 Å². The number of nitrogens with one attached hydrogen (secondary N) is 3. The second kappa shape index (κ2) is 11.4. The van der Waals surface area contributed by atoms with Crippen molar-refractivity contribution in [3.63, 3.8) is 0 Å². The van der Waals surface area contributed by atoms with Crippen LogP contribution in [0.3, 0.4) is 0 Å². The van der Waals surface area contributed by atoms with Gasteiger partial charge in [0.05, 0.1) is 6.04 Å². The molecule has 3 N–H and O–H groups in total. The zero-order chi connectivity index (χ0) is 16.3. The van der Waals surface area contributed by atoms with Crippen molar-refractivity contribution in [3.05, 3.63) is 0 Å². The molecule has 0 heterocycles. The maximum absolute atomic E-state index is 12.2. The average Bonchev–Trinajstić information content (AvgIpc) is 2.37. The van der Waals surface area contributed by atoms with E-state index in [1.54, 1.807) is 7.05 Å². The molecule has 0 aromatic carbocycles. The van der Waals surface area contributed by atoms with Gasteiger partial charge in [0.1, 0.15) is 11.6 Å². The molecule has 21 heavy (non-hydrogen) atoms. The van der Waals surface area contributed by atoms with E-state index in [2.05, 4.69) is 16.0 Å². The SMILES string of the molecule is CNCCCCC(NC)C(=O)NC(CC(C)=O)CC(C)=O. The summed E-state index contributed by atoms with van der Waals surface area (Å²) in [5, 5.41) is 8.87. The number of ketones is 2. The van der Waals surface area contributed by atoms with Crippen LogP contribution < -0.4 is 16.0 Å². The number of carbonyl (C=O) groups excluding carboxylic acids is 3. The maximum Gasteiger partial charge on any atom is 0.237 e. The molecule has 122 valence electrons. The van der Waals surface area contributed by atoms with Gasteiger partial charge in [-0.25, -0.2) is 0 Å². The van der Waals surface area contributed by atoms with Crippen molar-refractivity contribution in [2.24, 2.45) is 0 Å². The molecule has 0 fully saturated rings. The molecule has 0 rings (SSSR count). The first-order valence-corrected chi connectivity index (χ1v) is 7.51. The van der Waals surface area contributed by atoms with Crippen LogP contribution in [-0.2, 0) is 14.4 Å². The molecule has 0 saturated heterocycles. The molecule has 0 aromatic heterocycles. The summed E-state index contributed by atoms with van der Waals surface area (Å²) in [7, 11) is 3.64. The first kappa shape index (κ1) is 19.7. The first-order chi connectivity index (χ1) is 9.90. The van der Waals surface area contributed by atoms with Gasteiger partial charge in [-0.15, -0.1) is 0 Å². The molecular weight excluding hydrogens is 270 g/mol. The van der Waals surface area contributed by atoms with Crippen LogP contribution in [0.15, 0.2) is 0 Å². The maximum atomic E-state index is 12.2. The topological polar surface area (TPSA) is 87.3 Å². The fourth-order valence-corrected chi connectivity index (χ4v) is 2.23. The zero-order valence-corrected chi connectivity index (χ0v) is 13.6. The van der Waals surface area contributed by atoms with E-state index in [-0.39, 0.29) is 36.4 Å². The van der Waals surface area contributed by atoms with Crippen molar-refractivity contribution in [2.75, 3.05) is 20.6 Å². The third-order valence-corrected chi connectivity index (χ3v) is 3.25. The van der Waals surface area contributed by atoms with Crippen molar-refractivity contribution in [1.82, 2.24) is 16.0 Å². The third-order valence-electron chi connectivity index (χ3n) is 3.25. The van der Waals surface area contributed by atoms with Crippen LogP contribution in [0.1, 0.15) is 46.0 Å². The Morgan fingerprint density at radius 3 is 1.95 bits per heavy atom. The van der Waals surface area contributed by atoms with Crippen molar-refractivity contribution in [3.8, 4) is 0 Å². The fourth-order valence-electron chi connectivity index (χ4n) is 2.23. The van der Waals surface area contributed by atoms with Crippen LogP contribution in [0.4, 0.5) is 0 Å². The summed E-state index contributed by atoms with van der Waals surface area (Å²) >= 11 is 0. The van der Waals surface area contributed by atoms with Gasteiger partial charge in [0, 0.05) is 18.9 Å². The number of likely N-dealkylation sites (N-methyl/N-ethyl adjacent to an activating group) is 1. The lowest BCUT2D eigenvalue weighted by molar-refractivity contribution is -0.125. The minimum Gasteiger partial charge on any atom is -0.351 e. The first-order valence-electron chi connectivity index (χ1n) is 7.51. The smallest absolute Gasteiger partial charge is 0.237 e. The van der Waals surface area contributed by atoms with E-state index >= 15 is 0 Å². The van der Waals surface area contributed by atoms with E-state index < -0.39 is 6.04 Å². The molecule has 0 aliphatic carbocycles. The molecule has 0 bridgehead atoms. The molecule has 0 aliphatic heterocycles. The number of unbranched alkanes of at least 4 members (excludes halogenated alkanes) is 1. The predicted octanol–water partition coefficient (Wildman–Crippen LogP) is 0.407. The molecule has 0 spiro atoms. The van der Waals surface area contributed by atoms with Crippen molar-refractivity contribution >= 4 is 17.5 Å². The normalized spacial score (nSPS) is 12.2. The highest BCUT2D eigenvalue weighted by Gasteiger charge is 2.21. The molecular formula is C15H29N3O3. The summed E-state index contributed by atoms with van der Waals surface area (Å²) in [6.45, 7) is 3.86. The number of carbonyl (C=O) groups is 3. The van der Waals surface area contributed by atoms with Crippen LogP contribution in [0.5, 0.6) is 0 Å². The van der Waals surface area contributed by atoms with E-state index in [1.165, 1.54) is 13.8 Å². The largest absolute Gasteiger partial charge is 0.351 e. The number of amides is 1. The number of hydrogen-bond acceptors (Lipinski definition) is 5. The van der Waals surface area contributed by atoms with E-state index in [0.717, 1.165) is 25.8 Å². The van der Waals surface area contributed by atoms with Crippen molar-refractivity contribution in [2.45, 2.75) is 58.0 Å². The summed E-state index contributed by atoms with van der Waals surface area (Å²) < 4.78 is 0. The highest BCUT2D eigenvalue weighted by atomic mass is 16.2. The minimum absolute atomic E-state index is 0.0309. The van der Waals surface area contributed by atoms with Crippen molar-refractivity contribution < 1.29 is 14.4 Å². The summed E-state index contributed by atoms with van der Waals surface area (Å²) in [6.07, 6.45) is 3.07. The Balaban J connectivity index is 4.40. The molecule has 6 heteroatoms. The Hall–Kier alpha value is -1.27. The number of rotatable bonds is 12. The Morgan fingerprint density at radius 1 is 0.952 bits per heavy atom. The summed E-state index contributed by atoms with van der Waals surface area (Å²) in [6, 6.07) is -0.691. The molecule has 1 unspecified atom stereocenters. The zero-order valence-electron chi connectivity index (χ0n) is 13.6. The summed E-state index contributed by atoms with van der Waals surface area (Å²) in [4.78, 5) is 34.6. The van der Waals surface area contributed by atoms with Crippen LogP contribution in [-0.4, -0.2) is 50.2 Å². The molecule has 0 aromatic rings. The van der Waals surface area contributed by atoms with Gasteiger partial charge >= 0.3 is 0 Å². The lowest BCUT2D eigenvalue weighted by Gasteiger charge is -2.21. The van der Waals surface area contributed by atoms with Gasteiger partial charge in [0.25, 0.3) is 0 Å². The van der Waals surface area contributed by atoms with Gasteiger partial charge in [-0.2, -0.15) is 0 Å². The molecule has 1 amide bonds. The van der Waals surface area contributed by atoms with Gasteiger partial charge in [0.15, 0.2) is 0 Å². The summed E-state index contributed by atoms with van der Waals surface area (Å²) in [5.74, 6) is -0.206. The highest BCUT2D eigenvalue weighted by Crippen LogP contribution is 2.05. The van der Waals surface area contributed by atoms with Crippen LogP contribution in [0, 0.1) is 0 Å². The Morgan fingerprint density at radius 2 is 1.52 bits per heavy atom. The van der Waals surface area contributed by atoms with Crippen LogP contribution in [0.25, 0.3) is 0 Å². The lowest BCUT2D eigenvalue weighted by Crippen LogP contribution is -2.47. The van der Waals surface area contributed by atoms with Gasteiger partial charge in [-0.3, -0.25) is 14.4 Å². The molecule has 0 radical (unpaired) electrons. The predicted molar refractivity (Wildman–Crippen MR) is 83.2 cm³/mol. The molecule has 6 nitrogen and oxygen atoms in total. The molecule has 1 atom stereocenters.